The maximum atomic E-state index is 5.36. The van der Waals surface area contributed by atoms with Gasteiger partial charge in [-0.1, -0.05) is 82.6 Å². The fourth-order valence-corrected chi connectivity index (χ4v) is 13.4. The second-order valence-electron chi connectivity index (χ2n) is 23.5. The summed E-state index contributed by atoms with van der Waals surface area (Å²) in [6.07, 6.45) is 16.1. The van der Waals surface area contributed by atoms with Crippen LogP contribution < -0.4 is 0 Å². The fourth-order valence-electron chi connectivity index (χ4n) is 13.4. The molecule has 4 aliphatic heterocycles. The van der Waals surface area contributed by atoms with Gasteiger partial charge in [-0.3, -0.25) is 0 Å². The maximum absolute atomic E-state index is 5.36. The molecule has 0 unspecified atom stereocenters. The summed E-state index contributed by atoms with van der Waals surface area (Å²) in [6, 6.07) is 30.1. The van der Waals surface area contributed by atoms with E-state index in [9.17, 15) is 0 Å². The molecule has 10 heterocycles. The quantitative estimate of drug-likeness (QED) is 0.126. The molecular formula is C74H62N12. The normalized spacial score (nSPS) is 12.4. The summed E-state index contributed by atoms with van der Waals surface area (Å²) in [5, 5.41) is 0. The highest BCUT2D eigenvalue weighted by Gasteiger charge is 2.23. The zero-order valence-electron chi connectivity index (χ0n) is 50.3. The van der Waals surface area contributed by atoms with Gasteiger partial charge >= 0.3 is 0 Å². The second kappa shape index (κ2) is 20.6. The molecule has 12 nitrogen and oxygen atoms in total. The van der Waals surface area contributed by atoms with Gasteiger partial charge in [0.2, 0.25) is 0 Å². The Kier molecular flexibility index (Phi) is 12.8. The van der Waals surface area contributed by atoms with Crippen LogP contribution in [0.3, 0.4) is 0 Å². The van der Waals surface area contributed by atoms with Gasteiger partial charge in [-0.2, -0.15) is 0 Å². The molecule has 0 atom stereocenters. The van der Waals surface area contributed by atoms with Crippen LogP contribution in [0.15, 0.2) is 84.9 Å². The van der Waals surface area contributed by atoms with E-state index in [1.807, 2.05) is 60.7 Å². The van der Waals surface area contributed by atoms with E-state index >= 15 is 0 Å². The van der Waals surface area contributed by atoms with E-state index in [0.29, 0.717) is 57.0 Å². The first kappa shape index (κ1) is 53.4. The minimum absolute atomic E-state index is 0.526. The number of nitrogens with zero attached hydrogens (tertiary/aromatic N) is 8. The molecule has 12 heteroatoms. The smallest absolute Gasteiger partial charge is 0.155 e. The van der Waals surface area contributed by atoms with Crippen LogP contribution in [0, 0.1) is 94.9 Å². The van der Waals surface area contributed by atoms with Crippen molar-refractivity contribution in [2.75, 3.05) is 0 Å². The van der Waals surface area contributed by atoms with Crippen LogP contribution in [0.25, 0.3) is 138 Å². The lowest BCUT2D eigenvalue weighted by atomic mass is 9.92. The lowest BCUT2D eigenvalue weighted by molar-refractivity contribution is 1.17. The monoisotopic (exact) mass is 1120 g/mol. The van der Waals surface area contributed by atoms with Crippen molar-refractivity contribution in [3.8, 4) is 56.3 Å². The van der Waals surface area contributed by atoms with Gasteiger partial charge in [0.05, 0.1) is 44.9 Å². The first-order chi connectivity index (χ1) is 41.4. The first-order valence-corrected chi connectivity index (χ1v) is 29.1. The van der Waals surface area contributed by atoms with Crippen LogP contribution in [-0.4, -0.2) is 59.8 Å². The molecule has 4 N–H and O–H groups in total. The van der Waals surface area contributed by atoms with Crippen molar-refractivity contribution < 1.29 is 0 Å². The number of aromatic amines is 4. The molecule has 16 bridgehead atoms. The molecule has 0 radical (unpaired) electrons. The summed E-state index contributed by atoms with van der Waals surface area (Å²) in [5.41, 5.74) is 32.1. The van der Waals surface area contributed by atoms with Gasteiger partial charge in [0.15, 0.2) is 23.3 Å². The van der Waals surface area contributed by atoms with Gasteiger partial charge in [-0.05, 0) is 235 Å². The van der Waals surface area contributed by atoms with E-state index in [0.717, 1.165) is 134 Å². The van der Waals surface area contributed by atoms with Crippen LogP contribution in [0.5, 0.6) is 0 Å². The average molecular weight is 1120 g/mol. The molecule has 0 amide bonds. The van der Waals surface area contributed by atoms with Crippen molar-refractivity contribution in [3.63, 3.8) is 0 Å². The van der Waals surface area contributed by atoms with Crippen molar-refractivity contribution >= 4 is 93.3 Å². The summed E-state index contributed by atoms with van der Waals surface area (Å²) in [4.78, 5) is 56.8. The Morgan fingerprint density at radius 1 is 0.256 bits per heavy atom. The van der Waals surface area contributed by atoms with Crippen LogP contribution in [0.4, 0.5) is 0 Å². The third kappa shape index (κ3) is 9.57. The van der Waals surface area contributed by atoms with Crippen molar-refractivity contribution in [3.05, 3.63) is 209 Å². The highest BCUT2D eigenvalue weighted by atomic mass is 15.0. The van der Waals surface area contributed by atoms with Crippen LogP contribution in [-0.2, 0) is 0 Å². The highest BCUT2D eigenvalue weighted by Crippen LogP contribution is 2.40. The molecule has 6 aromatic heterocycles. The first-order valence-electron chi connectivity index (χ1n) is 29.1. The molecule has 10 aromatic rings. The molecule has 14 rings (SSSR count). The zero-order valence-corrected chi connectivity index (χ0v) is 50.3. The average Bonchev–Trinajstić information content (AvgIpc) is 2.01. The van der Waals surface area contributed by atoms with Gasteiger partial charge in [0, 0.05) is 33.3 Å². The Morgan fingerprint density at radius 2 is 0.523 bits per heavy atom. The third-order valence-corrected chi connectivity index (χ3v) is 16.5. The van der Waals surface area contributed by atoms with Crippen LogP contribution >= 0.6 is 0 Å². The van der Waals surface area contributed by atoms with Gasteiger partial charge in [-0.15, -0.1) is 0 Å². The number of aromatic nitrogens is 12. The standard InChI is InChI=1S/C74H62N12/c1-37-27-41(5)65(42(6)28-37)69-51-15-21-59(75-51)83-61-23-17-55(77-61)71(67-45(9)31-39(3)32-46(67)10)57-35-49(73(81-57)85-63-25-19-53(69)79-63)13-14-50-36-58-72(68-47(11)33-40(4)34-48(68)12)56-18-24-62(78-56)84-60-22-16-52(76-60)70(66-43(7)29-38(2)30-44(66)8)54-20-26-64(80-54)86-74(50)82-58/h15-36H,1-12H3,(H,75,77,83)(H,76,78,84)(H,79,81,85)(H,80,82,86). The largest absolute Gasteiger partial charge is 0.340 e. The zero-order chi connectivity index (χ0) is 59.4. The third-order valence-electron chi connectivity index (χ3n) is 16.5. The summed E-state index contributed by atoms with van der Waals surface area (Å²) in [6.45, 7) is 25.8. The molecule has 0 spiro atoms. The summed E-state index contributed by atoms with van der Waals surface area (Å²) >= 11 is 0. The number of H-pyrrole nitrogens is 4. The molecule has 0 saturated carbocycles. The van der Waals surface area contributed by atoms with E-state index < -0.39 is 0 Å². The molecule has 418 valence electrons. The predicted octanol–water partition coefficient (Wildman–Crippen LogP) is 17.0. The topological polar surface area (TPSA) is 166 Å². The minimum atomic E-state index is 0.526. The van der Waals surface area contributed by atoms with E-state index in [4.69, 9.17) is 39.9 Å². The lowest BCUT2D eigenvalue weighted by Gasteiger charge is -2.13. The number of benzene rings is 4. The SMILES string of the molecule is Cc1cc(C)c(-c2c3nc(nc4[nH]c(cc4C#Cc4cc5[nH]c4nc4nc(c(-c6c(C)cc(C)cc6C)c6ccc(nc7nc(c5-c5c(C)cc(C)cc5C)C=C7)[nH]6)C=C4)c(-c4c(C)cc(C)cc4C)c4nc(nc5ccc2[nH]5)C=C4)C=C3)c(C)c1. The van der Waals surface area contributed by atoms with E-state index in [2.05, 4.69) is 188 Å². The predicted molar refractivity (Wildman–Crippen MR) is 353 cm³/mol. The molecular weight excluding hydrogens is 1060 g/mol. The summed E-state index contributed by atoms with van der Waals surface area (Å²) < 4.78 is 0. The van der Waals surface area contributed by atoms with E-state index in [1.165, 1.54) is 22.3 Å². The Balaban J connectivity index is 1.08. The van der Waals surface area contributed by atoms with Gasteiger partial charge in [0.1, 0.15) is 22.6 Å². The minimum Gasteiger partial charge on any atom is -0.340 e. The van der Waals surface area contributed by atoms with Crippen LogP contribution in [0.2, 0.25) is 0 Å². The molecule has 0 aliphatic carbocycles. The Hall–Kier alpha value is -10.6. The molecule has 4 aliphatic rings. The Labute approximate surface area is 498 Å². The number of aryl methyl sites for hydroxylation is 12. The highest BCUT2D eigenvalue weighted by molar-refractivity contribution is 5.98. The summed E-state index contributed by atoms with van der Waals surface area (Å²) in [7, 11) is 0. The second-order valence-corrected chi connectivity index (χ2v) is 23.5. The van der Waals surface area contributed by atoms with Crippen molar-refractivity contribution in [1.82, 2.24) is 59.8 Å². The Bertz CT molecular complexity index is 4790. The number of hydrogen-bond donors (Lipinski definition) is 4. The van der Waals surface area contributed by atoms with E-state index in [1.54, 1.807) is 0 Å². The fraction of sp³-hybridized carbons (Fsp3) is 0.162. The van der Waals surface area contributed by atoms with E-state index in [-0.39, 0.29) is 0 Å². The lowest BCUT2D eigenvalue weighted by Crippen LogP contribution is -1.94. The summed E-state index contributed by atoms with van der Waals surface area (Å²) in [5.74, 6) is 9.51. The van der Waals surface area contributed by atoms with Crippen molar-refractivity contribution in [2.45, 2.75) is 83.1 Å². The number of nitrogens with one attached hydrogen (secondary N) is 4. The van der Waals surface area contributed by atoms with Crippen molar-refractivity contribution in [1.29, 1.82) is 0 Å². The van der Waals surface area contributed by atoms with Gasteiger partial charge in [-0.25, -0.2) is 39.9 Å². The maximum Gasteiger partial charge on any atom is 0.155 e. The number of rotatable bonds is 4. The van der Waals surface area contributed by atoms with Gasteiger partial charge in [0.25, 0.3) is 0 Å². The molecule has 86 heavy (non-hydrogen) atoms. The number of fused-ring (bicyclic) bond motifs is 16. The molecule has 0 saturated heterocycles. The van der Waals surface area contributed by atoms with Crippen LogP contribution in [0.1, 0.15) is 124 Å². The number of hydrogen-bond acceptors (Lipinski definition) is 8. The molecule has 4 aromatic carbocycles. The molecule has 0 fully saturated rings. The van der Waals surface area contributed by atoms with Gasteiger partial charge < -0.3 is 19.9 Å². The Morgan fingerprint density at radius 3 is 0.814 bits per heavy atom. The van der Waals surface area contributed by atoms with Crippen molar-refractivity contribution in [2.24, 2.45) is 0 Å².